The maximum atomic E-state index is 12.0. The predicted molar refractivity (Wildman–Crippen MR) is 86.3 cm³/mol. The second-order valence-electron chi connectivity index (χ2n) is 5.20. The smallest absolute Gasteiger partial charge is 0.287 e. The highest BCUT2D eigenvalue weighted by atomic mass is 79.9. The van der Waals surface area contributed by atoms with Crippen LogP contribution in [0.4, 0.5) is 0 Å². The van der Waals surface area contributed by atoms with Crippen LogP contribution in [0.5, 0.6) is 0 Å². The quantitative estimate of drug-likeness (QED) is 0.898. The fourth-order valence-corrected chi connectivity index (χ4v) is 2.41. The van der Waals surface area contributed by atoms with Crippen molar-refractivity contribution in [1.82, 2.24) is 10.2 Å². The third-order valence-corrected chi connectivity index (χ3v) is 3.76. The van der Waals surface area contributed by atoms with Gasteiger partial charge >= 0.3 is 0 Å². The van der Waals surface area contributed by atoms with Crippen molar-refractivity contribution in [2.75, 3.05) is 20.6 Å². The second-order valence-corrected chi connectivity index (χ2v) is 5.99. The van der Waals surface area contributed by atoms with Gasteiger partial charge in [0.2, 0.25) is 0 Å². The highest BCUT2D eigenvalue weighted by Crippen LogP contribution is 2.19. The van der Waals surface area contributed by atoms with Gasteiger partial charge in [0, 0.05) is 6.54 Å². The molecular formula is C16H19BrN2O2. The monoisotopic (exact) mass is 350 g/mol. The normalized spacial score (nSPS) is 12.4. The molecule has 4 nitrogen and oxygen atoms in total. The zero-order chi connectivity index (χ0) is 15.4. The van der Waals surface area contributed by atoms with Crippen LogP contribution in [0.15, 0.2) is 45.5 Å². The van der Waals surface area contributed by atoms with Crippen LogP contribution in [-0.2, 0) is 0 Å². The molecule has 0 saturated heterocycles. The van der Waals surface area contributed by atoms with Crippen LogP contribution in [-0.4, -0.2) is 31.4 Å². The molecule has 0 radical (unpaired) electrons. The number of aryl methyl sites for hydroxylation is 1. The number of nitrogens with one attached hydrogen (secondary N) is 1. The molecule has 112 valence electrons. The number of likely N-dealkylation sites (N-methyl/N-ethyl adjacent to an activating group) is 1. The molecule has 1 amide bonds. The molecule has 1 N–H and O–H groups in total. The van der Waals surface area contributed by atoms with Crippen molar-refractivity contribution in [2.45, 2.75) is 13.0 Å². The van der Waals surface area contributed by atoms with E-state index in [2.05, 4.69) is 57.3 Å². The largest absolute Gasteiger partial charge is 0.444 e. The summed E-state index contributed by atoms with van der Waals surface area (Å²) in [5, 5.41) is 2.91. The maximum absolute atomic E-state index is 12.0. The van der Waals surface area contributed by atoms with Crippen LogP contribution in [0.3, 0.4) is 0 Å². The Kier molecular flexibility index (Phi) is 5.20. The van der Waals surface area contributed by atoms with Crippen molar-refractivity contribution in [3.63, 3.8) is 0 Å². The summed E-state index contributed by atoms with van der Waals surface area (Å²) < 4.78 is 5.80. The molecule has 1 heterocycles. The van der Waals surface area contributed by atoms with Gasteiger partial charge in [-0.15, -0.1) is 0 Å². The molecule has 5 heteroatoms. The van der Waals surface area contributed by atoms with Crippen LogP contribution < -0.4 is 5.32 Å². The van der Waals surface area contributed by atoms with E-state index >= 15 is 0 Å². The number of benzene rings is 1. The number of furan rings is 1. The van der Waals surface area contributed by atoms with Gasteiger partial charge in [-0.2, -0.15) is 0 Å². The van der Waals surface area contributed by atoms with E-state index in [1.807, 2.05) is 14.1 Å². The first-order valence-corrected chi connectivity index (χ1v) is 7.53. The number of rotatable bonds is 5. The van der Waals surface area contributed by atoms with Gasteiger partial charge in [-0.05, 0) is 54.6 Å². The van der Waals surface area contributed by atoms with Gasteiger partial charge in [-0.25, -0.2) is 0 Å². The number of halogens is 1. The topological polar surface area (TPSA) is 45.5 Å². The zero-order valence-electron chi connectivity index (χ0n) is 12.4. The number of hydrogen-bond acceptors (Lipinski definition) is 3. The number of amides is 1. The van der Waals surface area contributed by atoms with E-state index in [1.54, 1.807) is 12.1 Å². The minimum atomic E-state index is -0.209. The van der Waals surface area contributed by atoms with Crippen molar-refractivity contribution in [1.29, 1.82) is 0 Å². The summed E-state index contributed by atoms with van der Waals surface area (Å²) in [6, 6.07) is 11.8. The Labute approximate surface area is 133 Å². The van der Waals surface area contributed by atoms with E-state index in [4.69, 9.17) is 4.42 Å². The SMILES string of the molecule is Cc1ccc([C@@H](CNC(=O)c2ccc(Br)o2)N(C)C)cc1. The van der Waals surface area contributed by atoms with Crippen LogP contribution >= 0.6 is 15.9 Å². The molecule has 0 aliphatic rings. The lowest BCUT2D eigenvalue weighted by atomic mass is 10.0. The lowest BCUT2D eigenvalue weighted by molar-refractivity contribution is 0.0913. The minimum absolute atomic E-state index is 0.118. The van der Waals surface area contributed by atoms with Gasteiger partial charge in [-0.3, -0.25) is 4.79 Å². The standard InChI is InChI=1S/C16H19BrN2O2/c1-11-4-6-12(7-5-11)13(19(2)3)10-18-16(20)14-8-9-15(17)21-14/h4-9,13H,10H2,1-3H3,(H,18,20)/t13-/m1/s1. The molecule has 0 aliphatic heterocycles. The molecule has 0 bridgehead atoms. The summed E-state index contributed by atoms with van der Waals surface area (Å²) in [4.78, 5) is 14.1. The molecule has 2 rings (SSSR count). The summed E-state index contributed by atoms with van der Waals surface area (Å²) in [7, 11) is 4.00. The zero-order valence-corrected chi connectivity index (χ0v) is 14.0. The minimum Gasteiger partial charge on any atom is -0.444 e. The molecule has 0 spiro atoms. The summed E-state index contributed by atoms with van der Waals surface area (Å²) in [6.45, 7) is 2.58. The van der Waals surface area contributed by atoms with E-state index in [0.29, 0.717) is 17.0 Å². The fourth-order valence-electron chi connectivity index (χ4n) is 2.10. The first-order chi connectivity index (χ1) is 9.97. The molecule has 0 fully saturated rings. The van der Waals surface area contributed by atoms with Crippen molar-refractivity contribution in [3.8, 4) is 0 Å². The van der Waals surface area contributed by atoms with Crippen LogP contribution in [0.1, 0.15) is 27.7 Å². The summed E-state index contributed by atoms with van der Waals surface area (Å²) >= 11 is 3.19. The van der Waals surface area contributed by atoms with Crippen LogP contribution in [0.25, 0.3) is 0 Å². The van der Waals surface area contributed by atoms with Crippen LogP contribution in [0, 0.1) is 6.92 Å². The predicted octanol–water partition coefficient (Wildman–Crippen LogP) is 3.38. The molecule has 1 atom stereocenters. The number of carbonyl (C=O) groups excluding carboxylic acids is 1. The Hall–Kier alpha value is -1.59. The summed E-state index contributed by atoms with van der Waals surface area (Å²) in [5.74, 6) is 0.1000. The first kappa shape index (κ1) is 15.8. The third-order valence-electron chi connectivity index (χ3n) is 3.34. The van der Waals surface area contributed by atoms with Gasteiger partial charge in [0.1, 0.15) is 0 Å². The van der Waals surface area contributed by atoms with E-state index in [1.165, 1.54) is 11.1 Å². The Bertz CT molecular complexity index is 605. The average Bonchev–Trinajstić information content (AvgIpc) is 2.87. The summed E-state index contributed by atoms with van der Waals surface area (Å²) in [5.41, 5.74) is 2.40. The molecule has 2 aromatic rings. The van der Waals surface area contributed by atoms with Crippen molar-refractivity contribution >= 4 is 21.8 Å². The Morgan fingerprint density at radius 1 is 1.24 bits per heavy atom. The molecule has 1 aromatic heterocycles. The Balaban J connectivity index is 2.03. The van der Waals surface area contributed by atoms with Crippen LogP contribution in [0.2, 0.25) is 0 Å². The summed E-state index contributed by atoms with van der Waals surface area (Å²) in [6.07, 6.45) is 0. The first-order valence-electron chi connectivity index (χ1n) is 6.74. The van der Waals surface area contributed by atoms with E-state index in [-0.39, 0.29) is 11.9 Å². The molecule has 21 heavy (non-hydrogen) atoms. The number of nitrogens with zero attached hydrogens (tertiary/aromatic N) is 1. The Morgan fingerprint density at radius 2 is 1.90 bits per heavy atom. The van der Waals surface area contributed by atoms with Crippen molar-refractivity contribution < 1.29 is 9.21 Å². The molecule has 1 aromatic carbocycles. The van der Waals surface area contributed by atoms with Crippen molar-refractivity contribution in [3.05, 3.63) is 58.0 Å². The van der Waals surface area contributed by atoms with E-state index in [9.17, 15) is 4.79 Å². The maximum Gasteiger partial charge on any atom is 0.287 e. The van der Waals surface area contributed by atoms with Gasteiger partial charge in [-0.1, -0.05) is 29.8 Å². The number of carbonyl (C=O) groups is 1. The average molecular weight is 351 g/mol. The molecular weight excluding hydrogens is 332 g/mol. The van der Waals surface area contributed by atoms with Gasteiger partial charge in [0.05, 0.1) is 6.04 Å². The van der Waals surface area contributed by atoms with Gasteiger partial charge in [0.15, 0.2) is 10.4 Å². The second kappa shape index (κ2) is 6.91. The van der Waals surface area contributed by atoms with E-state index in [0.717, 1.165) is 0 Å². The lowest BCUT2D eigenvalue weighted by Gasteiger charge is -2.25. The number of hydrogen-bond donors (Lipinski definition) is 1. The highest BCUT2D eigenvalue weighted by Gasteiger charge is 2.17. The lowest BCUT2D eigenvalue weighted by Crippen LogP contribution is -2.34. The van der Waals surface area contributed by atoms with Crippen molar-refractivity contribution in [2.24, 2.45) is 0 Å². The molecule has 0 saturated carbocycles. The van der Waals surface area contributed by atoms with E-state index < -0.39 is 0 Å². The highest BCUT2D eigenvalue weighted by molar-refractivity contribution is 9.10. The van der Waals surface area contributed by atoms with Gasteiger partial charge < -0.3 is 14.6 Å². The fraction of sp³-hybridized carbons (Fsp3) is 0.312. The molecule has 0 aliphatic carbocycles. The Morgan fingerprint density at radius 3 is 2.43 bits per heavy atom. The third kappa shape index (κ3) is 4.19. The van der Waals surface area contributed by atoms with Gasteiger partial charge in [0.25, 0.3) is 5.91 Å². The molecule has 0 unspecified atom stereocenters.